The van der Waals surface area contributed by atoms with Gasteiger partial charge < -0.3 is 10.8 Å². The van der Waals surface area contributed by atoms with E-state index >= 15 is 0 Å². The number of rotatable bonds is 4. The van der Waals surface area contributed by atoms with Gasteiger partial charge in [-0.2, -0.15) is 0 Å². The quantitative estimate of drug-likeness (QED) is 0.803. The van der Waals surface area contributed by atoms with E-state index in [1.807, 2.05) is 12.1 Å². The summed E-state index contributed by atoms with van der Waals surface area (Å²) in [6.07, 6.45) is 3.44. The Morgan fingerprint density at radius 1 is 1.44 bits per heavy atom. The minimum Gasteiger partial charge on any atom is -0.399 e. The Hall–Kier alpha value is -1.06. The Morgan fingerprint density at radius 2 is 2.28 bits per heavy atom. The molecule has 0 radical (unpaired) electrons. The lowest BCUT2D eigenvalue weighted by molar-refractivity contribution is 0.142. The summed E-state index contributed by atoms with van der Waals surface area (Å²) in [5, 5.41) is 9.04. The molecule has 1 heterocycles. The molecule has 0 amide bonds. The van der Waals surface area contributed by atoms with Crippen LogP contribution in [-0.4, -0.2) is 29.7 Å². The standard InChI is InChI=1S/C15H24N2O/c1-12-14(5-2-6-15(12)16)11-17-8-3-4-13(10-17)7-9-18/h2,5-6,13,18H,3-4,7-11,16H2,1H3. The molecule has 1 fully saturated rings. The van der Waals surface area contributed by atoms with Crippen LogP contribution in [0.1, 0.15) is 30.4 Å². The van der Waals surface area contributed by atoms with Crippen molar-refractivity contribution in [3.8, 4) is 0 Å². The van der Waals surface area contributed by atoms with Gasteiger partial charge in [0.05, 0.1) is 0 Å². The lowest BCUT2D eigenvalue weighted by Gasteiger charge is -2.33. The molecule has 1 aromatic carbocycles. The second-order valence-corrected chi connectivity index (χ2v) is 5.39. The third kappa shape index (κ3) is 3.24. The van der Waals surface area contributed by atoms with Crippen molar-refractivity contribution in [1.29, 1.82) is 0 Å². The molecule has 3 heteroatoms. The number of likely N-dealkylation sites (tertiary alicyclic amines) is 1. The molecule has 1 unspecified atom stereocenters. The third-order valence-corrected chi connectivity index (χ3v) is 4.02. The Kier molecular flexibility index (Phi) is 4.61. The van der Waals surface area contributed by atoms with Gasteiger partial charge in [-0.25, -0.2) is 0 Å². The Morgan fingerprint density at radius 3 is 3.06 bits per heavy atom. The average Bonchev–Trinajstić information content (AvgIpc) is 2.36. The highest BCUT2D eigenvalue weighted by Gasteiger charge is 2.19. The van der Waals surface area contributed by atoms with E-state index in [9.17, 15) is 0 Å². The third-order valence-electron chi connectivity index (χ3n) is 4.02. The molecule has 0 aromatic heterocycles. The minimum atomic E-state index is 0.315. The number of nitrogens with two attached hydrogens (primary N) is 1. The number of nitrogen functional groups attached to an aromatic ring is 1. The molecule has 1 aliphatic heterocycles. The van der Waals surface area contributed by atoms with E-state index in [-0.39, 0.29) is 0 Å². The van der Waals surface area contributed by atoms with E-state index in [4.69, 9.17) is 10.8 Å². The van der Waals surface area contributed by atoms with Gasteiger partial charge in [-0.05, 0) is 55.8 Å². The molecule has 0 bridgehead atoms. The molecule has 100 valence electrons. The first-order chi connectivity index (χ1) is 8.70. The van der Waals surface area contributed by atoms with Crippen molar-refractivity contribution in [2.75, 3.05) is 25.4 Å². The molecule has 0 aliphatic carbocycles. The van der Waals surface area contributed by atoms with Gasteiger partial charge in [0.1, 0.15) is 0 Å². The smallest absolute Gasteiger partial charge is 0.0434 e. The lowest BCUT2D eigenvalue weighted by atomic mass is 9.94. The molecule has 3 nitrogen and oxygen atoms in total. The topological polar surface area (TPSA) is 49.5 Å². The Bertz CT molecular complexity index is 390. The van der Waals surface area contributed by atoms with Crippen molar-refractivity contribution in [2.45, 2.75) is 32.7 Å². The second-order valence-electron chi connectivity index (χ2n) is 5.39. The molecule has 1 atom stereocenters. The highest BCUT2D eigenvalue weighted by atomic mass is 16.3. The van der Waals surface area contributed by atoms with Crippen LogP contribution in [0, 0.1) is 12.8 Å². The van der Waals surface area contributed by atoms with E-state index in [1.54, 1.807) is 0 Å². The van der Waals surface area contributed by atoms with E-state index in [1.165, 1.54) is 24.0 Å². The van der Waals surface area contributed by atoms with Crippen LogP contribution in [0.25, 0.3) is 0 Å². The predicted octanol–water partition coefficient (Wildman–Crippen LogP) is 2.17. The molecule has 1 saturated heterocycles. The van der Waals surface area contributed by atoms with Crippen LogP contribution in [0.5, 0.6) is 0 Å². The summed E-state index contributed by atoms with van der Waals surface area (Å²) in [4.78, 5) is 2.49. The summed E-state index contributed by atoms with van der Waals surface area (Å²) in [5.74, 6) is 0.658. The number of benzene rings is 1. The Balaban J connectivity index is 1.98. The van der Waals surface area contributed by atoms with Gasteiger partial charge in [0, 0.05) is 25.4 Å². The van der Waals surface area contributed by atoms with Crippen molar-refractivity contribution in [1.82, 2.24) is 4.90 Å². The molecule has 1 aliphatic rings. The SMILES string of the molecule is Cc1c(N)cccc1CN1CCCC(CCO)C1. The van der Waals surface area contributed by atoms with Crippen molar-refractivity contribution >= 4 is 5.69 Å². The summed E-state index contributed by atoms with van der Waals surface area (Å²) in [7, 11) is 0. The number of aliphatic hydroxyl groups excluding tert-OH is 1. The zero-order valence-electron chi connectivity index (χ0n) is 11.2. The molecule has 3 N–H and O–H groups in total. The minimum absolute atomic E-state index is 0.315. The van der Waals surface area contributed by atoms with Crippen LogP contribution in [-0.2, 0) is 6.54 Å². The van der Waals surface area contributed by atoms with Gasteiger partial charge in [0.2, 0.25) is 0 Å². The van der Waals surface area contributed by atoms with Gasteiger partial charge in [-0.1, -0.05) is 12.1 Å². The van der Waals surface area contributed by atoms with Gasteiger partial charge in [-0.15, -0.1) is 0 Å². The number of hydrogen-bond acceptors (Lipinski definition) is 3. The van der Waals surface area contributed by atoms with Gasteiger partial charge >= 0.3 is 0 Å². The van der Waals surface area contributed by atoms with E-state index < -0.39 is 0 Å². The molecular weight excluding hydrogens is 224 g/mol. The zero-order chi connectivity index (χ0) is 13.0. The van der Waals surface area contributed by atoms with Crippen molar-refractivity contribution in [3.63, 3.8) is 0 Å². The van der Waals surface area contributed by atoms with Crippen LogP contribution in [0.4, 0.5) is 5.69 Å². The number of piperidine rings is 1. The molecule has 0 saturated carbocycles. The summed E-state index contributed by atoms with van der Waals surface area (Å²) in [6.45, 7) is 5.67. The largest absolute Gasteiger partial charge is 0.399 e. The summed E-state index contributed by atoms with van der Waals surface area (Å²) in [6, 6.07) is 6.16. The fourth-order valence-electron chi connectivity index (χ4n) is 2.83. The van der Waals surface area contributed by atoms with Crippen LogP contribution in [0.2, 0.25) is 0 Å². The normalized spacial score (nSPS) is 21.1. The van der Waals surface area contributed by atoms with E-state index in [0.717, 1.165) is 31.7 Å². The summed E-state index contributed by atoms with van der Waals surface area (Å²) >= 11 is 0. The van der Waals surface area contributed by atoms with E-state index in [0.29, 0.717) is 12.5 Å². The molecule has 0 spiro atoms. The second kappa shape index (κ2) is 6.21. The highest BCUT2D eigenvalue weighted by molar-refractivity contribution is 5.49. The van der Waals surface area contributed by atoms with Crippen molar-refractivity contribution in [3.05, 3.63) is 29.3 Å². The maximum atomic E-state index is 9.04. The molecule has 1 aromatic rings. The van der Waals surface area contributed by atoms with Crippen LogP contribution in [0.15, 0.2) is 18.2 Å². The Labute approximate surface area is 110 Å². The van der Waals surface area contributed by atoms with Crippen molar-refractivity contribution in [2.24, 2.45) is 5.92 Å². The van der Waals surface area contributed by atoms with Gasteiger partial charge in [0.15, 0.2) is 0 Å². The first kappa shape index (κ1) is 13.4. The number of aliphatic hydroxyl groups is 1. The number of nitrogens with zero attached hydrogens (tertiary/aromatic N) is 1. The number of anilines is 1. The highest BCUT2D eigenvalue weighted by Crippen LogP contribution is 2.23. The lowest BCUT2D eigenvalue weighted by Crippen LogP contribution is -2.35. The summed E-state index contributed by atoms with van der Waals surface area (Å²) < 4.78 is 0. The van der Waals surface area contributed by atoms with Gasteiger partial charge in [-0.3, -0.25) is 4.90 Å². The monoisotopic (exact) mass is 248 g/mol. The molecular formula is C15H24N2O. The number of hydrogen-bond donors (Lipinski definition) is 2. The maximum absolute atomic E-state index is 9.04. The van der Waals surface area contributed by atoms with Gasteiger partial charge in [0.25, 0.3) is 0 Å². The zero-order valence-corrected chi connectivity index (χ0v) is 11.2. The van der Waals surface area contributed by atoms with Crippen LogP contribution >= 0.6 is 0 Å². The van der Waals surface area contributed by atoms with Crippen LogP contribution in [0.3, 0.4) is 0 Å². The first-order valence-corrected chi connectivity index (χ1v) is 6.88. The van der Waals surface area contributed by atoms with Crippen LogP contribution < -0.4 is 5.73 Å². The average molecular weight is 248 g/mol. The predicted molar refractivity (Wildman–Crippen MR) is 75.3 cm³/mol. The van der Waals surface area contributed by atoms with Crippen molar-refractivity contribution < 1.29 is 5.11 Å². The fraction of sp³-hybridized carbons (Fsp3) is 0.600. The molecule has 2 rings (SSSR count). The first-order valence-electron chi connectivity index (χ1n) is 6.88. The summed E-state index contributed by atoms with van der Waals surface area (Å²) in [5.41, 5.74) is 9.38. The molecule has 18 heavy (non-hydrogen) atoms. The maximum Gasteiger partial charge on any atom is 0.0434 e. The fourth-order valence-corrected chi connectivity index (χ4v) is 2.83. The van der Waals surface area contributed by atoms with E-state index in [2.05, 4.69) is 17.9 Å².